The third-order valence-electron chi connectivity index (χ3n) is 4.36. The maximum absolute atomic E-state index is 12.2. The average Bonchev–Trinajstić information content (AvgIpc) is 2.64. The first-order chi connectivity index (χ1) is 13.1. The number of phenols is 2. The normalized spacial score (nSPS) is 12.7. The number of amides is 2. The summed E-state index contributed by atoms with van der Waals surface area (Å²) in [5.74, 6) is -4.40. The van der Waals surface area contributed by atoms with Gasteiger partial charge in [0, 0.05) is 25.0 Å². The van der Waals surface area contributed by atoms with Crippen LogP contribution in [0.25, 0.3) is 0 Å². The minimum absolute atomic E-state index is 0.149. The molecule has 0 bridgehead atoms. The number of anilines is 2. The number of carbonyl (C=O) groups is 4. The number of hydrogen-bond donors (Lipinski definition) is 4. The van der Waals surface area contributed by atoms with Gasteiger partial charge in [0.15, 0.2) is 5.75 Å². The minimum Gasteiger partial charge on any atom is -0.508 e. The van der Waals surface area contributed by atoms with E-state index in [4.69, 9.17) is 0 Å². The number of hydrogen-bond acceptors (Lipinski definition) is 6. The first-order valence-corrected chi connectivity index (χ1v) is 9.35. The van der Waals surface area contributed by atoms with Crippen molar-refractivity contribution in [1.29, 1.82) is 0 Å². The van der Waals surface area contributed by atoms with Crippen LogP contribution in [0.3, 0.4) is 0 Å². The summed E-state index contributed by atoms with van der Waals surface area (Å²) in [5.41, 5.74) is -0.298. The summed E-state index contributed by atoms with van der Waals surface area (Å²) in [7, 11) is 0. The molecule has 28 heavy (non-hydrogen) atoms. The molecular formula is C20H28N2O6. The summed E-state index contributed by atoms with van der Waals surface area (Å²) in [5, 5.41) is 25.0. The lowest BCUT2D eigenvalue weighted by atomic mass is 10.0. The topological polar surface area (TPSA) is 133 Å². The molecule has 0 saturated heterocycles. The summed E-state index contributed by atoms with van der Waals surface area (Å²) in [6.07, 6.45) is 1.73. The molecule has 8 nitrogen and oxygen atoms in total. The fourth-order valence-corrected chi connectivity index (χ4v) is 2.51. The van der Waals surface area contributed by atoms with E-state index in [1.54, 1.807) is 0 Å². The van der Waals surface area contributed by atoms with Crippen molar-refractivity contribution in [3.05, 3.63) is 12.1 Å². The van der Waals surface area contributed by atoms with Gasteiger partial charge in [0.2, 0.25) is 11.8 Å². The van der Waals surface area contributed by atoms with Crippen LogP contribution in [0.15, 0.2) is 12.1 Å². The first kappa shape index (κ1) is 23.1. The van der Waals surface area contributed by atoms with Crippen molar-refractivity contribution >= 4 is 34.8 Å². The number of benzene rings is 1. The van der Waals surface area contributed by atoms with Crippen LogP contribution in [0.5, 0.6) is 11.5 Å². The number of nitrogens with one attached hydrogen (secondary N) is 2. The quantitative estimate of drug-likeness (QED) is 0.275. The van der Waals surface area contributed by atoms with Crippen molar-refractivity contribution in [2.45, 2.75) is 53.4 Å². The Kier molecular flexibility index (Phi) is 8.63. The standard InChI is InChI=1S/C20H28N2O6/c1-5-7-16(24)11(3)19(27)21-14-9-13(23)10-15(18(14)26)22-20(28)12(4)17(25)8-6-2/h9-12,23,26H,5-8H2,1-4H3,(H,21,27)(H,22,28). The molecule has 0 fully saturated rings. The highest BCUT2D eigenvalue weighted by Crippen LogP contribution is 2.37. The Bertz CT molecular complexity index is 700. The zero-order valence-electron chi connectivity index (χ0n) is 16.7. The third kappa shape index (κ3) is 6.07. The second-order valence-electron chi connectivity index (χ2n) is 6.74. The number of ketones is 2. The van der Waals surface area contributed by atoms with Crippen LogP contribution in [0, 0.1) is 11.8 Å². The van der Waals surface area contributed by atoms with Crippen LogP contribution in [0.1, 0.15) is 53.4 Å². The lowest BCUT2D eigenvalue weighted by Crippen LogP contribution is -2.28. The molecule has 0 heterocycles. The van der Waals surface area contributed by atoms with Crippen LogP contribution < -0.4 is 10.6 Å². The summed E-state index contributed by atoms with van der Waals surface area (Å²) in [6, 6.07) is 2.21. The molecule has 0 aliphatic heterocycles. The van der Waals surface area contributed by atoms with E-state index < -0.39 is 29.4 Å². The maximum atomic E-state index is 12.2. The van der Waals surface area contributed by atoms with E-state index in [1.165, 1.54) is 13.8 Å². The summed E-state index contributed by atoms with van der Waals surface area (Å²) in [6.45, 7) is 6.56. The second-order valence-corrected chi connectivity index (χ2v) is 6.74. The molecule has 1 aromatic carbocycles. The molecule has 154 valence electrons. The zero-order chi connectivity index (χ0) is 21.4. The molecule has 0 spiro atoms. The number of rotatable bonds is 10. The Labute approximate surface area is 164 Å². The lowest BCUT2D eigenvalue weighted by Gasteiger charge is -2.16. The maximum Gasteiger partial charge on any atom is 0.234 e. The van der Waals surface area contributed by atoms with E-state index >= 15 is 0 Å². The molecule has 0 aromatic heterocycles. The van der Waals surface area contributed by atoms with Gasteiger partial charge in [-0.05, 0) is 26.7 Å². The SMILES string of the molecule is CCCC(=O)C(C)C(=O)Nc1cc(O)cc(NC(=O)C(C)C(=O)CCC)c1O. The predicted octanol–water partition coefficient (Wildman–Crippen LogP) is 2.99. The predicted molar refractivity (Wildman–Crippen MR) is 105 cm³/mol. The largest absolute Gasteiger partial charge is 0.508 e. The molecule has 1 rings (SSSR count). The smallest absolute Gasteiger partial charge is 0.234 e. The lowest BCUT2D eigenvalue weighted by molar-refractivity contribution is -0.132. The Morgan fingerprint density at radius 1 is 0.821 bits per heavy atom. The number of aromatic hydroxyl groups is 2. The van der Waals surface area contributed by atoms with Crippen molar-refractivity contribution in [3.63, 3.8) is 0 Å². The Balaban J connectivity index is 2.99. The highest BCUT2D eigenvalue weighted by Gasteiger charge is 2.24. The van der Waals surface area contributed by atoms with E-state index in [-0.39, 0.29) is 41.5 Å². The van der Waals surface area contributed by atoms with Gasteiger partial charge in [-0.1, -0.05) is 13.8 Å². The monoisotopic (exact) mass is 392 g/mol. The first-order valence-electron chi connectivity index (χ1n) is 9.35. The van der Waals surface area contributed by atoms with Gasteiger partial charge in [-0.15, -0.1) is 0 Å². The molecule has 0 aliphatic carbocycles. The van der Waals surface area contributed by atoms with Crippen molar-refractivity contribution in [2.24, 2.45) is 11.8 Å². The summed E-state index contributed by atoms with van der Waals surface area (Å²) < 4.78 is 0. The third-order valence-corrected chi connectivity index (χ3v) is 4.36. The van der Waals surface area contributed by atoms with Crippen LogP contribution in [-0.4, -0.2) is 33.6 Å². The van der Waals surface area contributed by atoms with Gasteiger partial charge in [0.1, 0.15) is 17.3 Å². The highest BCUT2D eigenvalue weighted by atomic mass is 16.3. The van der Waals surface area contributed by atoms with Gasteiger partial charge in [-0.2, -0.15) is 0 Å². The molecular weight excluding hydrogens is 364 g/mol. The second kappa shape index (κ2) is 10.4. The molecule has 2 unspecified atom stereocenters. The molecule has 0 radical (unpaired) electrons. The van der Waals surface area contributed by atoms with Crippen LogP contribution in [0.2, 0.25) is 0 Å². The van der Waals surface area contributed by atoms with Crippen LogP contribution in [-0.2, 0) is 19.2 Å². The molecule has 0 saturated carbocycles. The molecule has 2 amide bonds. The fraction of sp³-hybridized carbons (Fsp3) is 0.500. The van der Waals surface area contributed by atoms with Gasteiger partial charge >= 0.3 is 0 Å². The van der Waals surface area contributed by atoms with Gasteiger partial charge in [-0.3, -0.25) is 19.2 Å². The van der Waals surface area contributed by atoms with Crippen molar-refractivity contribution in [1.82, 2.24) is 0 Å². The van der Waals surface area contributed by atoms with E-state index in [9.17, 15) is 29.4 Å². The highest BCUT2D eigenvalue weighted by molar-refractivity contribution is 6.09. The fourth-order valence-electron chi connectivity index (χ4n) is 2.51. The Morgan fingerprint density at radius 3 is 1.50 bits per heavy atom. The molecule has 1 aromatic rings. The van der Waals surface area contributed by atoms with Gasteiger partial charge in [-0.25, -0.2) is 0 Å². The van der Waals surface area contributed by atoms with Crippen LogP contribution in [0.4, 0.5) is 11.4 Å². The Hall–Kier alpha value is -2.90. The van der Waals surface area contributed by atoms with E-state index in [1.807, 2.05) is 13.8 Å². The molecule has 0 aliphatic rings. The zero-order valence-corrected chi connectivity index (χ0v) is 16.7. The summed E-state index contributed by atoms with van der Waals surface area (Å²) in [4.78, 5) is 48.2. The number of phenolic OH excluding ortho intramolecular Hbond substituents is 2. The molecule has 2 atom stereocenters. The molecule has 8 heteroatoms. The van der Waals surface area contributed by atoms with Crippen molar-refractivity contribution < 1.29 is 29.4 Å². The van der Waals surface area contributed by atoms with Gasteiger partial charge < -0.3 is 20.8 Å². The van der Waals surface area contributed by atoms with Gasteiger partial charge in [0.25, 0.3) is 0 Å². The molecule has 4 N–H and O–H groups in total. The van der Waals surface area contributed by atoms with Crippen molar-refractivity contribution in [2.75, 3.05) is 10.6 Å². The van der Waals surface area contributed by atoms with Gasteiger partial charge in [0.05, 0.1) is 23.2 Å². The minimum atomic E-state index is -0.925. The Morgan fingerprint density at radius 2 is 1.18 bits per heavy atom. The van der Waals surface area contributed by atoms with E-state index in [0.29, 0.717) is 12.8 Å². The van der Waals surface area contributed by atoms with Crippen LogP contribution >= 0.6 is 0 Å². The number of carbonyl (C=O) groups excluding carboxylic acids is 4. The van der Waals surface area contributed by atoms with E-state index in [2.05, 4.69) is 10.6 Å². The number of Topliss-reactive ketones (excluding diaryl/α,β-unsaturated/α-hetero) is 2. The van der Waals surface area contributed by atoms with E-state index in [0.717, 1.165) is 12.1 Å². The average molecular weight is 392 g/mol. The summed E-state index contributed by atoms with van der Waals surface area (Å²) >= 11 is 0. The van der Waals surface area contributed by atoms with Crippen molar-refractivity contribution in [3.8, 4) is 11.5 Å².